The second-order valence-electron chi connectivity index (χ2n) is 7.09. The van der Waals surface area contributed by atoms with E-state index in [2.05, 4.69) is 45.3 Å². The lowest BCUT2D eigenvalue weighted by atomic mass is 10.0. The van der Waals surface area contributed by atoms with Crippen LogP contribution in [-0.4, -0.2) is 31.6 Å². The molecule has 1 saturated heterocycles. The number of carbonyl (C=O) groups excluding carboxylic acids is 1. The Morgan fingerprint density at radius 2 is 2.15 bits per heavy atom. The third-order valence-electron chi connectivity index (χ3n) is 5.21. The van der Waals surface area contributed by atoms with Crippen LogP contribution in [0.3, 0.4) is 0 Å². The maximum atomic E-state index is 12.5. The van der Waals surface area contributed by atoms with Crippen molar-refractivity contribution in [3.63, 3.8) is 0 Å². The SMILES string of the molecule is Cc1ccc(C2CC(C(=O)NCCN3CCCc4ccccc43)NN2)o1. The van der Waals surface area contributed by atoms with Gasteiger partial charge in [-0.2, -0.15) is 0 Å². The molecule has 2 aliphatic rings. The molecule has 2 aliphatic heterocycles. The molecule has 2 unspecified atom stereocenters. The molecule has 1 amide bonds. The van der Waals surface area contributed by atoms with Gasteiger partial charge in [0.15, 0.2) is 0 Å². The molecule has 2 aromatic rings. The van der Waals surface area contributed by atoms with Crippen LogP contribution >= 0.6 is 0 Å². The Hall–Kier alpha value is -2.31. The van der Waals surface area contributed by atoms with Gasteiger partial charge in [-0.15, -0.1) is 0 Å². The number of anilines is 1. The number of furan rings is 1. The molecule has 138 valence electrons. The zero-order valence-electron chi connectivity index (χ0n) is 15.1. The Kier molecular flexibility index (Phi) is 4.95. The molecular formula is C20H26N4O2. The average Bonchev–Trinajstić information content (AvgIpc) is 3.31. The molecule has 6 heteroatoms. The number of amides is 1. The zero-order valence-corrected chi connectivity index (χ0v) is 15.1. The number of hydrazine groups is 1. The van der Waals surface area contributed by atoms with Gasteiger partial charge < -0.3 is 14.6 Å². The topological polar surface area (TPSA) is 69.5 Å². The number of benzene rings is 1. The summed E-state index contributed by atoms with van der Waals surface area (Å²) < 4.78 is 5.65. The van der Waals surface area contributed by atoms with Gasteiger partial charge in [-0.3, -0.25) is 4.79 Å². The normalized spacial score (nSPS) is 22.3. The van der Waals surface area contributed by atoms with Crippen molar-refractivity contribution in [1.82, 2.24) is 16.2 Å². The van der Waals surface area contributed by atoms with E-state index in [4.69, 9.17) is 4.42 Å². The van der Waals surface area contributed by atoms with Crippen LogP contribution in [-0.2, 0) is 11.2 Å². The van der Waals surface area contributed by atoms with E-state index in [0.717, 1.165) is 31.0 Å². The molecule has 3 N–H and O–H groups in total. The number of nitrogens with zero attached hydrogens (tertiary/aromatic N) is 1. The first-order valence-corrected chi connectivity index (χ1v) is 9.38. The number of nitrogens with one attached hydrogen (secondary N) is 3. The molecule has 1 fully saturated rings. The van der Waals surface area contributed by atoms with Crippen LogP contribution in [0.4, 0.5) is 5.69 Å². The highest BCUT2D eigenvalue weighted by Crippen LogP contribution is 2.26. The number of hydrogen-bond donors (Lipinski definition) is 3. The number of hydrogen-bond acceptors (Lipinski definition) is 5. The van der Waals surface area contributed by atoms with Crippen LogP contribution in [0.25, 0.3) is 0 Å². The van der Waals surface area contributed by atoms with Crippen molar-refractivity contribution >= 4 is 11.6 Å². The Balaban J connectivity index is 1.26. The third kappa shape index (κ3) is 3.61. The summed E-state index contributed by atoms with van der Waals surface area (Å²) in [6.07, 6.45) is 3.00. The Morgan fingerprint density at radius 3 is 3.00 bits per heavy atom. The van der Waals surface area contributed by atoms with E-state index in [1.165, 1.54) is 17.7 Å². The van der Waals surface area contributed by atoms with Crippen LogP contribution in [0, 0.1) is 6.92 Å². The fourth-order valence-electron chi connectivity index (χ4n) is 3.84. The Labute approximate surface area is 153 Å². The van der Waals surface area contributed by atoms with Crippen molar-refractivity contribution in [2.75, 3.05) is 24.5 Å². The van der Waals surface area contributed by atoms with Crippen LogP contribution < -0.4 is 21.1 Å². The molecule has 3 heterocycles. The minimum Gasteiger partial charge on any atom is -0.465 e. The standard InChI is InChI=1S/C20H26N4O2/c1-14-8-9-19(26-14)16-13-17(23-22-16)20(25)21-10-12-24-11-4-6-15-5-2-3-7-18(15)24/h2-3,5,7-9,16-17,22-23H,4,6,10-13H2,1H3,(H,21,25). The maximum Gasteiger partial charge on any atom is 0.238 e. The molecule has 0 saturated carbocycles. The average molecular weight is 354 g/mol. The van der Waals surface area contributed by atoms with E-state index < -0.39 is 0 Å². The van der Waals surface area contributed by atoms with Gasteiger partial charge in [0.05, 0.1) is 6.04 Å². The van der Waals surface area contributed by atoms with Gasteiger partial charge in [-0.25, -0.2) is 10.9 Å². The van der Waals surface area contributed by atoms with Crippen LogP contribution in [0.2, 0.25) is 0 Å². The lowest BCUT2D eigenvalue weighted by molar-refractivity contribution is -0.122. The van der Waals surface area contributed by atoms with Gasteiger partial charge in [0, 0.05) is 25.3 Å². The van der Waals surface area contributed by atoms with Gasteiger partial charge in [-0.05, 0) is 49.9 Å². The molecule has 1 aromatic heterocycles. The van der Waals surface area contributed by atoms with Crippen molar-refractivity contribution in [3.8, 4) is 0 Å². The van der Waals surface area contributed by atoms with E-state index in [9.17, 15) is 4.79 Å². The van der Waals surface area contributed by atoms with Gasteiger partial charge in [0.25, 0.3) is 0 Å². The van der Waals surface area contributed by atoms with Crippen LogP contribution in [0.15, 0.2) is 40.8 Å². The van der Waals surface area contributed by atoms with Crippen LogP contribution in [0.1, 0.15) is 36.0 Å². The van der Waals surface area contributed by atoms with Gasteiger partial charge in [0.1, 0.15) is 17.6 Å². The minimum absolute atomic E-state index is 0.0356. The quantitative estimate of drug-likeness (QED) is 0.767. The summed E-state index contributed by atoms with van der Waals surface area (Å²) in [5, 5.41) is 3.07. The largest absolute Gasteiger partial charge is 0.465 e. The minimum atomic E-state index is -0.237. The van der Waals surface area contributed by atoms with Gasteiger partial charge in [0.2, 0.25) is 5.91 Å². The molecule has 1 aromatic carbocycles. The van der Waals surface area contributed by atoms with Crippen molar-refractivity contribution < 1.29 is 9.21 Å². The first-order valence-electron chi connectivity index (χ1n) is 9.38. The molecule has 0 aliphatic carbocycles. The molecule has 2 atom stereocenters. The molecular weight excluding hydrogens is 328 g/mol. The lowest BCUT2D eigenvalue weighted by Crippen LogP contribution is -2.45. The second-order valence-corrected chi connectivity index (χ2v) is 7.09. The summed E-state index contributed by atoms with van der Waals surface area (Å²) in [7, 11) is 0. The lowest BCUT2D eigenvalue weighted by Gasteiger charge is -2.31. The predicted molar refractivity (Wildman–Crippen MR) is 101 cm³/mol. The predicted octanol–water partition coefficient (Wildman–Crippen LogP) is 2.06. The van der Waals surface area contributed by atoms with E-state index in [1.807, 2.05) is 19.1 Å². The fourth-order valence-corrected chi connectivity index (χ4v) is 3.84. The smallest absolute Gasteiger partial charge is 0.238 e. The van der Waals surface area contributed by atoms with Gasteiger partial charge >= 0.3 is 0 Å². The van der Waals surface area contributed by atoms with Gasteiger partial charge in [-0.1, -0.05) is 18.2 Å². The summed E-state index contributed by atoms with van der Waals surface area (Å²) in [6, 6.07) is 12.3. The highest BCUT2D eigenvalue weighted by molar-refractivity contribution is 5.82. The molecule has 26 heavy (non-hydrogen) atoms. The molecule has 0 radical (unpaired) electrons. The molecule has 6 nitrogen and oxygen atoms in total. The summed E-state index contributed by atoms with van der Waals surface area (Å²) in [6.45, 7) is 4.46. The maximum absolute atomic E-state index is 12.5. The monoisotopic (exact) mass is 354 g/mol. The summed E-state index contributed by atoms with van der Waals surface area (Å²) >= 11 is 0. The number of carbonyl (C=O) groups is 1. The number of fused-ring (bicyclic) bond motifs is 1. The molecule has 0 bridgehead atoms. The molecule has 0 spiro atoms. The van der Waals surface area contributed by atoms with E-state index in [0.29, 0.717) is 13.0 Å². The molecule has 4 rings (SSSR count). The highest BCUT2D eigenvalue weighted by atomic mass is 16.3. The van der Waals surface area contributed by atoms with Crippen molar-refractivity contribution in [3.05, 3.63) is 53.5 Å². The van der Waals surface area contributed by atoms with Crippen LogP contribution in [0.5, 0.6) is 0 Å². The second kappa shape index (κ2) is 7.51. The first kappa shape index (κ1) is 17.1. The number of aryl methyl sites for hydroxylation is 2. The number of para-hydroxylation sites is 1. The Morgan fingerprint density at radius 1 is 1.27 bits per heavy atom. The van der Waals surface area contributed by atoms with E-state index in [-0.39, 0.29) is 18.0 Å². The third-order valence-corrected chi connectivity index (χ3v) is 5.21. The van der Waals surface area contributed by atoms with E-state index in [1.54, 1.807) is 0 Å². The summed E-state index contributed by atoms with van der Waals surface area (Å²) in [4.78, 5) is 14.8. The highest BCUT2D eigenvalue weighted by Gasteiger charge is 2.31. The first-order chi connectivity index (χ1) is 12.7. The van der Waals surface area contributed by atoms with Crippen molar-refractivity contribution in [2.24, 2.45) is 0 Å². The summed E-state index contributed by atoms with van der Waals surface area (Å²) in [5.74, 6) is 1.79. The zero-order chi connectivity index (χ0) is 17.9. The van der Waals surface area contributed by atoms with E-state index >= 15 is 0 Å². The summed E-state index contributed by atoms with van der Waals surface area (Å²) in [5.41, 5.74) is 8.95. The van der Waals surface area contributed by atoms with Crippen molar-refractivity contribution in [1.29, 1.82) is 0 Å². The number of rotatable bonds is 5. The van der Waals surface area contributed by atoms with Crippen molar-refractivity contribution in [2.45, 2.75) is 38.3 Å². The Bertz CT molecular complexity index is 773. The fraction of sp³-hybridized carbons (Fsp3) is 0.450.